The molecule has 2 rings (SSSR count). The van der Waals surface area contributed by atoms with Gasteiger partial charge in [0, 0.05) is 11.4 Å². The van der Waals surface area contributed by atoms with Gasteiger partial charge in [0.1, 0.15) is 5.60 Å². The molecule has 2 aromatic carbocycles. The maximum absolute atomic E-state index is 11.8. The van der Waals surface area contributed by atoms with E-state index in [1.807, 2.05) is 63.2 Å². The minimum Gasteiger partial charge on any atom is -0.444 e. The summed E-state index contributed by atoms with van der Waals surface area (Å²) < 4.78 is 5.23. The van der Waals surface area contributed by atoms with Gasteiger partial charge < -0.3 is 15.8 Å². The van der Waals surface area contributed by atoms with Crippen LogP contribution in [0.1, 0.15) is 20.8 Å². The summed E-state index contributed by atoms with van der Waals surface area (Å²) in [5.74, 6) is 0. The summed E-state index contributed by atoms with van der Waals surface area (Å²) in [7, 11) is 0. The van der Waals surface area contributed by atoms with Crippen molar-refractivity contribution < 1.29 is 9.53 Å². The summed E-state index contributed by atoms with van der Waals surface area (Å²) in [4.78, 5) is 11.8. The second-order valence-corrected chi connectivity index (χ2v) is 5.92. The molecule has 22 heavy (non-hydrogen) atoms. The molecule has 4 N–H and O–H groups in total. The lowest BCUT2D eigenvalue weighted by Crippen LogP contribution is -2.27. The van der Waals surface area contributed by atoms with E-state index in [0.29, 0.717) is 11.4 Å². The third-order valence-electron chi connectivity index (χ3n) is 2.75. The summed E-state index contributed by atoms with van der Waals surface area (Å²) in [6.45, 7) is 5.47. The minimum absolute atomic E-state index is 0.483. The van der Waals surface area contributed by atoms with Gasteiger partial charge in [-0.3, -0.25) is 5.32 Å². The average Bonchev–Trinajstić information content (AvgIpc) is 2.39. The van der Waals surface area contributed by atoms with E-state index >= 15 is 0 Å². The van der Waals surface area contributed by atoms with Crippen molar-refractivity contribution in [3.05, 3.63) is 48.5 Å². The monoisotopic (exact) mass is 299 g/mol. The zero-order chi connectivity index (χ0) is 16.2. The molecule has 0 saturated carbocycles. The topological polar surface area (TPSA) is 76.4 Å². The Morgan fingerprint density at radius 3 is 2.41 bits per heavy atom. The van der Waals surface area contributed by atoms with Crippen LogP contribution in [-0.4, -0.2) is 11.7 Å². The predicted octanol–water partition coefficient (Wildman–Crippen LogP) is 4.36. The maximum atomic E-state index is 11.8. The van der Waals surface area contributed by atoms with Gasteiger partial charge in [-0.1, -0.05) is 18.2 Å². The van der Waals surface area contributed by atoms with Crippen molar-refractivity contribution >= 4 is 28.8 Å². The van der Waals surface area contributed by atoms with Gasteiger partial charge in [-0.25, -0.2) is 4.79 Å². The van der Waals surface area contributed by atoms with E-state index in [-0.39, 0.29) is 0 Å². The van der Waals surface area contributed by atoms with Crippen LogP contribution in [0.25, 0.3) is 0 Å². The number of para-hydroxylation sites is 2. The fourth-order valence-electron chi connectivity index (χ4n) is 1.86. The van der Waals surface area contributed by atoms with Gasteiger partial charge in [0.05, 0.1) is 11.4 Å². The number of hydrogen-bond donors (Lipinski definition) is 3. The first-order valence-electron chi connectivity index (χ1n) is 7.05. The highest BCUT2D eigenvalue weighted by atomic mass is 16.6. The first-order chi connectivity index (χ1) is 10.3. The van der Waals surface area contributed by atoms with E-state index in [4.69, 9.17) is 10.5 Å². The number of nitrogens with one attached hydrogen (secondary N) is 2. The summed E-state index contributed by atoms with van der Waals surface area (Å²) in [5, 5.41) is 5.92. The molecule has 116 valence electrons. The Balaban J connectivity index is 2.07. The zero-order valence-electron chi connectivity index (χ0n) is 13.0. The Morgan fingerprint density at radius 2 is 1.73 bits per heavy atom. The first kappa shape index (κ1) is 15.7. The predicted molar refractivity (Wildman–Crippen MR) is 90.4 cm³/mol. The van der Waals surface area contributed by atoms with E-state index < -0.39 is 11.7 Å². The van der Waals surface area contributed by atoms with Gasteiger partial charge in [0.15, 0.2) is 0 Å². The molecule has 0 aliphatic rings. The van der Waals surface area contributed by atoms with E-state index in [1.165, 1.54) is 0 Å². The summed E-state index contributed by atoms with van der Waals surface area (Å²) in [6.07, 6.45) is -0.483. The second-order valence-electron chi connectivity index (χ2n) is 5.92. The molecule has 0 aliphatic heterocycles. The van der Waals surface area contributed by atoms with Crippen LogP contribution in [0.3, 0.4) is 0 Å². The highest BCUT2D eigenvalue weighted by molar-refractivity contribution is 5.86. The Hall–Kier alpha value is -2.69. The van der Waals surface area contributed by atoms with Crippen LogP contribution < -0.4 is 16.4 Å². The van der Waals surface area contributed by atoms with Gasteiger partial charge in [-0.15, -0.1) is 0 Å². The molecule has 0 unspecified atom stereocenters. The Labute approximate surface area is 130 Å². The molecular formula is C17H21N3O2. The molecule has 0 bridgehead atoms. The number of nitrogens with two attached hydrogens (primary N) is 1. The van der Waals surface area contributed by atoms with Gasteiger partial charge >= 0.3 is 6.09 Å². The number of rotatable bonds is 3. The first-order valence-corrected chi connectivity index (χ1v) is 7.05. The van der Waals surface area contributed by atoms with Crippen LogP contribution >= 0.6 is 0 Å². The molecule has 0 heterocycles. The Morgan fingerprint density at radius 1 is 1.05 bits per heavy atom. The highest BCUT2D eigenvalue weighted by Crippen LogP contribution is 2.24. The number of benzene rings is 2. The standard InChI is InChI=1S/C17H21N3O2/c1-17(2,3)22-16(21)20-13-8-6-7-12(11-13)19-15-10-5-4-9-14(15)18/h4-11,19H,18H2,1-3H3,(H,20,21). The van der Waals surface area contributed by atoms with Crippen molar-refractivity contribution in [1.29, 1.82) is 0 Å². The van der Waals surface area contributed by atoms with Gasteiger partial charge in [-0.05, 0) is 51.1 Å². The summed E-state index contributed by atoms with van der Waals surface area (Å²) >= 11 is 0. The Kier molecular flexibility index (Phi) is 4.56. The van der Waals surface area contributed by atoms with E-state index in [0.717, 1.165) is 11.4 Å². The number of carbonyl (C=O) groups is 1. The molecule has 5 nitrogen and oxygen atoms in total. The number of nitrogen functional groups attached to an aromatic ring is 1. The van der Waals surface area contributed by atoms with Crippen molar-refractivity contribution in [2.75, 3.05) is 16.4 Å². The lowest BCUT2D eigenvalue weighted by atomic mass is 10.2. The van der Waals surface area contributed by atoms with Gasteiger partial charge in [0.25, 0.3) is 0 Å². The smallest absolute Gasteiger partial charge is 0.412 e. The normalized spacial score (nSPS) is 10.9. The fraction of sp³-hybridized carbons (Fsp3) is 0.235. The second kappa shape index (κ2) is 6.39. The van der Waals surface area contributed by atoms with Crippen LogP contribution in [0.4, 0.5) is 27.5 Å². The molecule has 0 atom stereocenters. The summed E-state index contributed by atoms with van der Waals surface area (Å²) in [6, 6.07) is 14.8. The average molecular weight is 299 g/mol. The third-order valence-corrected chi connectivity index (χ3v) is 2.75. The van der Waals surface area contributed by atoms with Crippen LogP contribution in [0.5, 0.6) is 0 Å². The zero-order valence-corrected chi connectivity index (χ0v) is 13.0. The molecule has 0 aliphatic carbocycles. The van der Waals surface area contributed by atoms with Crippen LogP contribution in [0.15, 0.2) is 48.5 Å². The quantitative estimate of drug-likeness (QED) is 0.736. The van der Waals surface area contributed by atoms with E-state index in [2.05, 4.69) is 10.6 Å². The molecule has 1 amide bonds. The largest absolute Gasteiger partial charge is 0.444 e. The number of carbonyl (C=O) groups excluding carboxylic acids is 1. The lowest BCUT2D eigenvalue weighted by Gasteiger charge is -2.19. The number of amides is 1. The van der Waals surface area contributed by atoms with Crippen molar-refractivity contribution in [2.45, 2.75) is 26.4 Å². The molecule has 0 aromatic heterocycles. The van der Waals surface area contributed by atoms with Crippen molar-refractivity contribution in [1.82, 2.24) is 0 Å². The lowest BCUT2D eigenvalue weighted by molar-refractivity contribution is 0.0636. The number of hydrogen-bond acceptors (Lipinski definition) is 4. The molecule has 2 aromatic rings. The van der Waals surface area contributed by atoms with Gasteiger partial charge in [-0.2, -0.15) is 0 Å². The molecule has 0 spiro atoms. The molecule has 0 radical (unpaired) electrons. The molecule has 5 heteroatoms. The van der Waals surface area contributed by atoms with Crippen molar-refractivity contribution in [3.8, 4) is 0 Å². The van der Waals surface area contributed by atoms with Gasteiger partial charge in [0.2, 0.25) is 0 Å². The van der Waals surface area contributed by atoms with Crippen LogP contribution in [0, 0.1) is 0 Å². The third kappa shape index (κ3) is 4.70. The summed E-state index contributed by atoms with van der Waals surface area (Å²) in [5.41, 5.74) is 8.32. The minimum atomic E-state index is -0.529. The van der Waals surface area contributed by atoms with E-state index in [1.54, 1.807) is 6.07 Å². The SMILES string of the molecule is CC(C)(C)OC(=O)Nc1cccc(Nc2ccccc2N)c1. The highest BCUT2D eigenvalue weighted by Gasteiger charge is 2.16. The van der Waals surface area contributed by atoms with Crippen molar-refractivity contribution in [2.24, 2.45) is 0 Å². The Bertz CT molecular complexity index is 663. The number of ether oxygens (including phenoxy) is 1. The maximum Gasteiger partial charge on any atom is 0.412 e. The van der Waals surface area contributed by atoms with E-state index in [9.17, 15) is 4.79 Å². The number of anilines is 4. The molecule has 0 fully saturated rings. The molecule has 0 saturated heterocycles. The van der Waals surface area contributed by atoms with Crippen LogP contribution in [-0.2, 0) is 4.74 Å². The van der Waals surface area contributed by atoms with Crippen LogP contribution in [0.2, 0.25) is 0 Å². The van der Waals surface area contributed by atoms with Crippen molar-refractivity contribution in [3.63, 3.8) is 0 Å². The molecular weight excluding hydrogens is 278 g/mol. The fourth-order valence-corrected chi connectivity index (χ4v) is 1.86.